The van der Waals surface area contributed by atoms with Crippen LogP contribution in [0.5, 0.6) is 0 Å². The largest absolute Gasteiger partial charge is 0.322 e. The first-order valence-electron chi connectivity index (χ1n) is 4.64. The molecule has 0 fully saturated rings. The zero-order chi connectivity index (χ0) is 10.7. The van der Waals surface area contributed by atoms with E-state index in [4.69, 9.17) is 5.73 Å². The predicted molar refractivity (Wildman–Crippen MR) is 66.9 cm³/mol. The van der Waals surface area contributed by atoms with Gasteiger partial charge in [-0.2, -0.15) is 0 Å². The van der Waals surface area contributed by atoms with E-state index >= 15 is 0 Å². The lowest BCUT2D eigenvalue weighted by molar-refractivity contribution is 0.702. The molecule has 0 bridgehead atoms. The molecule has 2 aromatic rings. The fourth-order valence-corrected chi connectivity index (χ4v) is 2.49. The lowest BCUT2D eigenvalue weighted by Crippen LogP contribution is -2.13. The van der Waals surface area contributed by atoms with Crippen molar-refractivity contribution in [1.82, 2.24) is 4.98 Å². The van der Waals surface area contributed by atoms with Gasteiger partial charge in [0.05, 0.1) is 17.2 Å². The summed E-state index contributed by atoms with van der Waals surface area (Å²) in [7, 11) is 0. The van der Waals surface area contributed by atoms with Crippen LogP contribution in [0.2, 0.25) is 0 Å². The summed E-state index contributed by atoms with van der Waals surface area (Å²) in [6.07, 6.45) is 0.823. The van der Waals surface area contributed by atoms with E-state index in [1.54, 1.807) is 11.3 Å². The molecule has 78 valence electrons. The lowest BCUT2D eigenvalue weighted by Gasteiger charge is -2.08. The van der Waals surface area contributed by atoms with Crippen LogP contribution in [0.3, 0.4) is 0 Å². The fraction of sp³-hybridized carbons (Fsp3) is 0.182. The first kappa shape index (κ1) is 10.8. The second-order valence-corrected chi connectivity index (χ2v) is 4.99. The molecule has 0 aliphatic rings. The fourth-order valence-electron chi connectivity index (χ4n) is 1.43. The van der Waals surface area contributed by atoms with E-state index in [0.29, 0.717) is 0 Å². The number of benzene rings is 1. The highest BCUT2D eigenvalue weighted by Crippen LogP contribution is 2.18. The van der Waals surface area contributed by atoms with Gasteiger partial charge in [0.1, 0.15) is 0 Å². The molecule has 0 spiro atoms. The van der Waals surface area contributed by atoms with E-state index < -0.39 is 0 Å². The van der Waals surface area contributed by atoms with Crippen LogP contribution in [0.15, 0.2) is 39.6 Å². The molecular weight excluding hydrogens is 272 g/mol. The molecule has 2 nitrogen and oxygen atoms in total. The van der Waals surface area contributed by atoms with Crippen molar-refractivity contribution in [3.05, 3.63) is 50.9 Å². The maximum absolute atomic E-state index is 6.05. The molecular formula is C11H11BrN2S. The number of aromatic nitrogens is 1. The number of rotatable bonds is 3. The van der Waals surface area contributed by atoms with E-state index in [9.17, 15) is 0 Å². The Bertz CT molecular complexity index is 428. The summed E-state index contributed by atoms with van der Waals surface area (Å²) in [5.41, 5.74) is 10.1. The average Bonchev–Trinajstić information content (AvgIpc) is 2.70. The second-order valence-electron chi connectivity index (χ2n) is 3.35. The van der Waals surface area contributed by atoms with Gasteiger partial charge in [-0.1, -0.05) is 28.1 Å². The van der Waals surface area contributed by atoms with Gasteiger partial charge >= 0.3 is 0 Å². The Morgan fingerprint density at radius 1 is 1.47 bits per heavy atom. The third kappa shape index (κ3) is 2.87. The minimum atomic E-state index is -0.00875. The molecule has 0 saturated heterocycles. The maximum Gasteiger partial charge on any atom is 0.0795 e. The van der Waals surface area contributed by atoms with Crippen molar-refractivity contribution in [2.24, 2.45) is 5.73 Å². The van der Waals surface area contributed by atoms with E-state index in [1.165, 1.54) is 5.56 Å². The van der Waals surface area contributed by atoms with Gasteiger partial charge in [-0.15, -0.1) is 11.3 Å². The highest BCUT2D eigenvalue weighted by atomic mass is 79.9. The SMILES string of the molecule is NC(Cc1cccc(Br)c1)c1cscn1. The Kier molecular flexibility index (Phi) is 3.51. The molecule has 4 heteroatoms. The molecule has 2 N–H and O–H groups in total. The van der Waals surface area contributed by atoms with Gasteiger partial charge in [0.15, 0.2) is 0 Å². The minimum Gasteiger partial charge on any atom is -0.322 e. The summed E-state index contributed by atoms with van der Waals surface area (Å²) in [6.45, 7) is 0. The lowest BCUT2D eigenvalue weighted by atomic mass is 10.1. The molecule has 0 aliphatic heterocycles. The van der Waals surface area contributed by atoms with Crippen LogP contribution in [0.4, 0.5) is 0 Å². The normalized spacial score (nSPS) is 12.7. The molecule has 0 radical (unpaired) electrons. The Labute approximate surface area is 101 Å². The molecule has 1 atom stereocenters. The van der Waals surface area contributed by atoms with Gasteiger partial charge in [0.2, 0.25) is 0 Å². The average molecular weight is 283 g/mol. The Balaban J connectivity index is 2.09. The number of nitrogens with two attached hydrogens (primary N) is 1. The van der Waals surface area contributed by atoms with Crippen molar-refractivity contribution in [3.63, 3.8) is 0 Å². The summed E-state index contributed by atoms with van der Waals surface area (Å²) in [4.78, 5) is 4.22. The summed E-state index contributed by atoms with van der Waals surface area (Å²) < 4.78 is 1.09. The first-order valence-corrected chi connectivity index (χ1v) is 6.37. The molecule has 0 amide bonds. The van der Waals surface area contributed by atoms with Crippen molar-refractivity contribution in [1.29, 1.82) is 0 Å². The molecule has 0 aliphatic carbocycles. The number of hydrogen-bond acceptors (Lipinski definition) is 3. The van der Waals surface area contributed by atoms with Crippen LogP contribution < -0.4 is 5.73 Å². The third-order valence-electron chi connectivity index (χ3n) is 2.18. The van der Waals surface area contributed by atoms with E-state index in [2.05, 4.69) is 33.0 Å². The maximum atomic E-state index is 6.05. The van der Waals surface area contributed by atoms with Gasteiger partial charge in [0.25, 0.3) is 0 Å². The monoisotopic (exact) mass is 282 g/mol. The number of hydrogen-bond donors (Lipinski definition) is 1. The van der Waals surface area contributed by atoms with Crippen molar-refractivity contribution < 1.29 is 0 Å². The number of thiazole rings is 1. The molecule has 1 heterocycles. The van der Waals surface area contributed by atoms with Gasteiger partial charge < -0.3 is 5.73 Å². The van der Waals surface area contributed by atoms with Crippen LogP contribution in [0, 0.1) is 0 Å². The highest BCUT2D eigenvalue weighted by Gasteiger charge is 2.08. The Morgan fingerprint density at radius 3 is 3.00 bits per heavy atom. The van der Waals surface area contributed by atoms with Crippen molar-refractivity contribution in [2.45, 2.75) is 12.5 Å². The molecule has 15 heavy (non-hydrogen) atoms. The molecule has 1 aromatic heterocycles. The van der Waals surface area contributed by atoms with E-state index in [1.807, 2.05) is 23.0 Å². The second kappa shape index (κ2) is 4.88. The van der Waals surface area contributed by atoms with Crippen molar-refractivity contribution >= 4 is 27.3 Å². The van der Waals surface area contributed by atoms with Gasteiger partial charge in [-0.3, -0.25) is 0 Å². The summed E-state index contributed by atoms with van der Waals surface area (Å²) in [5.74, 6) is 0. The smallest absolute Gasteiger partial charge is 0.0795 e. The van der Waals surface area contributed by atoms with Crippen LogP contribution in [-0.2, 0) is 6.42 Å². The zero-order valence-electron chi connectivity index (χ0n) is 8.06. The van der Waals surface area contributed by atoms with Crippen LogP contribution in [-0.4, -0.2) is 4.98 Å². The quantitative estimate of drug-likeness (QED) is 0.939. The Morgan fingerprint density at radius 2 is 2.33 bits per heavy atom. The minimum absolute atomic E-state index is 0.00875. The van der Waals surface area contributed by atoms with Gasteiger partial charge in [-0.25, -0.2) is 4.98 Å². The van der Waals surface area contributed by atoms with Crippen molar-refractivity contribution in [2.75, 3.05) is 0 Å². The van der Waals surface area contributed by atoms with E-state index in [0.717, 1.165) is 16.6 Å². The Hall–Kier alpha value is -0.710. The molecule has 2 rings (SSSR count). The zero-order valence-corrected chi connectivity index (χ0v) is 10.5. The summed E-state index contributed by atoms with van der Waals surface area (Å²) in [5, 5.41) is 2.00. The summed E-state index contributed by atoms with van der Waals surface area (Å²) >= 11 is 5.03. The van der Waals surface area contributed by atoms with Crippen LogP contribution in [0.25, 0.3) is 0 Å². The molecule has 0 saturated carbocycles. The predicted octanol–water partition coefficient (Wildman–Crippen LogP) is 3.15. The molecule has 1 unspecified atom stereocenters. The highest BCUT2D eigenvalue weighted by molar-refractivity contribution is 9.10. The van der Waals surface area contributed by atoms with Crippen LogP contribution >= 0.6 is 27.3 Å². The number of nitrogens with zero attached hydrogens (tertiary/aromatic N) is 1. The topological polar surface area (TPSA) is 38.9 Å². The third-order valence-corrected chi connectivity index (χ3v) is 3.27. The van der Waals surface area contributed by atoms with Crippen LogP contribution in [0.1, 0.15) is 17.3 Å². The summed E-state index contributed by atoms with van der Waals surface area (Å²) in [6, 6.07) is 8.19. The van der Waals surface area contributed by atoms with E-state index in [-0.39, 0.29) is 6.04 Å². The standard InChI is InChI=1S/C11H11BrN2S/c12-9-3-1-2-8(4-9)5-10(13)11-6-15-7-14-11/h1-4,6-7,10H,5,13H2. The number of halogens is 1. The van der Waals surface area contributed by atoms with Crippen molar-refractivity contribution in [3.8, 4) is 0 Å². The van der Waals surface area contributed by atoms with Gasteiger partial charge in [0, 0.05) is 9.85 Å². The first-order chi connectivity index (χ1) is 7.25. The van der Waals surface area contributed by atoms with Gasteiger partial charge in [-0.05, 0) is 24.1 Å². The molecule has 1 aromatic carbocycles.